The van der Waals surface area contributed by atoms with E-state index < -0.39 is 6.09 Å². The van der Waals surface area contributed by atoms with Gasteiger partial charge in [-0.25, -0.2) is 4.79 Å². The van der Waals surface area contributed by atoms with Crippen molar-refractivity contribution in [1.29, 1.82) is 0 Å². The summed E-state index contributed by atoms with van der Waals surface area (Å²) in [5, 5.41) is 12.4. The number of amides is 1. The Balaban J connectivity index is 1.36. The van der Waals surface area contributed by atoms with Crippen LogP contribution >= 0.6 is 0 Å². The number of phenols is 1. The van der Waals surface area contributed by atoms with Gasteiger partial charge in [-0.3, -0.25) is 0 Å². The summed E-state index contributed by atoms with van der Waals surface area (Å²) in [6.07, 6.45) is -0.530. The summed E-state index contributed by atoms with van der Waals surface area (Å²) >= 11 is 0. The van der Waals surface area contributed by atoms with Gasteiger partial charge in [0, 0.05) is 5.92 Å². The van der Waals surface area contributed by atoms with Crippen LogP contribution in [0.4, 0.5) is 10.5 Å². The van der Waals surface area contributed by atoms with E-state index in [2.05, 4.69) is 41.4 Å². The SMILES string of the molecule is Nc1cccc(C#CCNC(=O)OCC2c3ccccc3-c3ccccc32)c1O. The predicted octanol–water partition coefficient (Wildman–Crippen LogP) is 3.86. The van der Waals surface area contributed by atoms with Gasteiger partial charge in [0.15, 0.2) is 5.75 Å². The lowest BCUT2D eigenvalue weighted by Crippen LogP contribution is -2.26. The third-order valence-electron chi connectivity index (χ3n) is 4.96. The van der Waals surface area contributed by atoms with E-state index >= 15 is 0 Å². The van der Waals surface area contributed by atoms with E-state index in [1.54, 1.807) is 18.2 Å². The molecule has 4 rings (SSSR count). The molecule has 0 heterocycles. The van der Waals surface area contributed by atoms with E-state index in [1.165, 1.54) is 22.3 Å². The topological polar surface area (TPSA) is 84.6 Å². The van der Waals surface area contributed by atoms with Gasteiger partial charge in [-0.1, -0.05) is 66.4 Å². The molecule has 3 aromatic rings. The molecule has 0 atom stereocenters. The molecule has 0 fully saturated rings. The molecule has 144 valence electrons. The van der Waals surface area contributed by atoms with E-state index in [1.807, 2.05) is 24.3 Å². The molecule has 4 N–H and O–H groups in total. The van der Waals surface area contributed by atoms with Crippen LogP contribution in [0, 0.1) is 11.8 Å². The number of anilines is 1. The third-order valence-corrected chi connectivity index (χ3v) is 4.96. The molecule has 1 aliphatic rings. The van der Waals surface area contributed by atoms with Gasteiger partial charge < -0.3 is 20.9 Å². The normalized spacial score (nSPS) is 11.7. The van der Waals surface area contributed by atoms with Crippen LogP contribution in [0.2, 0.25) is 0 Å². The predicted molar refractivity (Wildman–Crippen MR) is 112 cm³/mol. The number of ether oxygens (including phenoxy) is 1. The van der Waals surface area contributed by atoms with Crippen LogP contribution in [0.3, 0.4) is 0 Å². The van der Waals surface area contributed by atoms with Gasteiger partial charge in [-0.2, -0.15) is 0 Å². The molecule has 0 radical (unpaired) electrons. The summed E-state index contributed by atoms with van der Waals surface area (Å²) in [6, 6.07) is 21.3. The lowest BCUT2D eigenvalue weighted by atomic mass is 9.98. The van der Waals surface area contributed by atoms with Gasteiger partial charge in [0.25, 0.3) is 0 Å². The van der Waals surface area contributed by atoms with Crippen LogP contribution in [-0.2, 0) is 4.74 Å². The first-order chi connectivity index (χ1) is 14.1. The first kappa shape index (κ1) is 18.5. The van der Waals surface area contributed by atoms with E-state index in [9.17, 15) is 9.90 Å². The Morgan fingerprint density at radius 2 is 1.66 bits per heavy atom. The number of carbonyl (C=O) groups is 1. The Hall–Kier alpha value is -3.91. The summed E-state index contributed by atoms with van der Waals surface area (Å²) in [5.74, 6) is 5.53. The molecular weight excluding hydrogens is 364 g/mol. The van der Waals surface area contributed by atoms with Gasteiger partial charge in [0.2, 0.25) is 0 Å². The van der Waals surface area contributed by atoms with Gasteiger partial charge in [0.05, 0.1) is 17.8 Å². The maximum Gasteiger partial charge on any atom is 0.407 e. The van der Waals surface area contributed by atoms with Crippen LogP contribution < -0.4 is 11.1 Å². The summed E-state index contributed by atoms with van der Waals surface area (Å²) in [7, 11) is 0. The zero-order valence-electron chi connectivity index (χ0n) is 15.7. The van der Waals surface area contributed by atoms with E-state index in [0.717, 1.165) is 0 Å². The van der Waals surface area contributed by atoms with Crippen molar-refractivity contribution in [2.75, 3.05) is 18.9 Å². The van der Waals surface area contributed by atoms with Gasteiger partial charge >= 0.3 is 6.09 Å². The van der Waals surface area contributed by atoms with Crippen molar-refractivity contribution in [3.63, 3.8) is 0 Å². The van der Waals surface area contributed by atoms with Crippen molar-refractivity contribution in [1.82, 2.24) is 5.32 Å². The third kappa shape index (κ3) is 3.74. The first-order valence-corrected chi connectivity index (χ1v) is 9.30. The number of hydrogen-bond donors (Lipinski definition) is 3. The molecule has 29 heavy (non-hydrogen) atoms. The summed E-state index contributed by atoms with van der Waals surface area (Å²) in [4.78, 5) is 12.1. The Kier molecular flexibility index (Phi) is 5.08. The van der Waals surface area contributed by atoms with E-state index in [-0.39, 0.29) is 30.5 Å². The summed E-state index contributed by atoms with van der Waals surface area (Å²) < 4.78 is 5.45. The second-order valence-corrected chi connectivity index (χ2v) is 6.72. The fourth-order valence-corrected chi connectivity index (χ4v) is 3.57. The van der Waals surface area contributed by atoms with Gasteiger partial charge in [-0.05, 0) is 34.4 Å². The van der Waals surface area contributed by atoms with Crippen molar-refractivity contribution < 1.29 is 14.6 Å². The minimum Gasteiger partial charge on any atom is -0.505 e. The van der Waals surface area contributed by atoms with E-state index in [0.29, 0.717) is 5.56 Å². The van der Waals surface area contributed by atoms with Crippen LogP contribution in [0.1, 0.15) is 22.6 Å². The van der Waals surface area contributed by atoms with Crippen molar-refractivity contribution in [2.24, 2.45) is 0 Å². The molecule has 5 heteroatoms. The number of nitrogen functional groups attached to an aromatic ring is 1. The molecule has 1 amide bonds. The number of hydrogen-bond acceptors (Lipinski definition) is 4. The van der Waals surface area contributed by atoms with Crippen molar-refractivity contribution in [3.8, 4) is 28.7 Å². The Bertz CT molecular complexity index is 1080. The largest absolute Gasteiger partial charge is 0.505 e. The van der Waals surface area contributed by atoms with E-state index in [4.69, 9.17) is 10.5 Å². The molecule has 3 aromatic carbocycles. The highest BCUT2D eigenvalue weighted by Crippen LogP contribution is 2.44. The van der Waals surface area contributed by atoms with Crippen LogP contribution in [0.15, 0.2) is 66.7 Å². The number of benzene rings is 3. The molecule has 0 unspecified atom stereocenters. The van der Waals surface area contributed by atoms with Gasteiger partial charge in [-0.15, -0.1) is 0 Å². The highest BCUT2D eigenvalue weighted by Gasteiger charge is 2.28. The Morgan fingerprint density at radius 1 is 1.00 bits per heavy atom. The number of nitrogens with two attached hydrogens (primary N) is 1. The quantitative estimate of drug-likeness (QED) is 0.364. The minimum absolute atomic E-state index is 0.0171. The average Bonchev–Trinajstić information content (AvgIpc) is 3.06. The van der Waals surface area contributed by atoms with Crippen LogP contribution in [-0.4, -0.2) is 24.4 Å². The monoisotopic (exact) mass is 384 g/mol. The Morgan fingerprint density at radius 3 is 2.34 bits per heavy atom. The van der Waals surface area contributed by atoms with Crippen LogP contribution in [0.5, 0.6) is 5.75 Å². The molecule has 0 saturated carbocycles. The smallest absolute Gasteiger partial charge is 0.407 e. The lowest BCUT2D eigenvalue weighted by Gasteiger charge is -2.14. The average molecular weight is 384 g/mol. The van der Waals surface area contributed by atoms with Crippen LogP contribution in [0.25, 0.3) is 11.1 Å². The number of fused-ring (bicyclic) bond motifs is 3. The number of rotatable bonds is 3. The standard InChI is InChI=1S/C24H20N2O3/c25-22-13-5-7-16(23(22)27)8-6-14-26-24(28)29-15-21-19-11-3-1-9-17(19)18-10-2-4-12-20(18)21/h1-5,7,9-13,21,27H,14-15,25H2,(H,26,28). The first-order valence-electron chi connectivity index (χ1n) is 9.30. The highest BCUT2D eigenvalue weighted by atomic mass is 16.5. The minimum atomic E-state index is -0.530. The highest BCUT2D eigenvalue weighted by molar-refractivity contribution is 5.79. The van der Waals surface area contributed by atoms with Gasteiger partial charge in [0.1, 0.15) is 6.61 Å². The number of phenolic OH excluding ortho intramolecular Hbond substituents is 1. The molecule has 0 aliphatic heterocycles. The van der Waals surface area contributed by atoms with Crippen molar-refractivity contribution >= 4 is 11.8 Å². The molecule has 0 spiro atoms. The number of aromatic hydroxyl groups is 1. The van der Waals surface area contributed by atoms with Crippen molar-refractivity contribution in [3.05, 3.63) is 83.4 Å². The molecular formula is C24H20N2O3. The summed E-state index contributed by atoms with van der Waals surface area (Å²) in [5.41, 5.74) is 11.0. The fraction of sp³-hybridized carbons (Fsp3) is 0.125. The maximum absolute atomic E-state index is 12.1. The van der Waals surface area contributed by atoms with Crippen molar-refractivity contribution in [2.45, 2.75) is 5.92 Å². The fourth-order valence-electron chi connectivity index (χ4n) is 3.57. The number of nitrogens with one attached hydrogen (secondary N) is 1. The second kappa shape index (κ2) is 7.99. The zero-order valence-corrected chi connectivity index (χ0v) is 15.7. The zero-order chi connectivity index (χ0) is 20.2. The Labute approximate surface area is 169 Å². The second-order valence-electron chi connectivity index (χ2n) is 6.72. The molecule has 1 aliphatic carbocycles. The molecule has 0 saturated heterocycles. The molecule has 0 bridgehead atoms. The number of para-hydroxylation sites is 1. The summed E-state index contributed by atoms with van der Waals surface area (Å²) in [6.45, 7) is 0.355. The lowest BCUT2D eigenvalue weighted by molar-refractivity contribution is 0.144. The molecule has 0 aromatic heterocycles. The maximum atomic E-state index is 12.1. The number of alkyl carbamates (subject to hydrolysis) is 1. The number of carbonyl (C=O) groups excluding carboxylic acids is 1. The molecule has 5 nitrogen and oxygen atoms in total.